The first-order chi connectivity index (χ1) is 40.7. The second kappa shape index (κ2) is 18.6. The minimum Gasteiger partial charge on any atom is -0.310 e. The van der Waals surface area contributed by atoms with E-state index in [0.717, 1.165) is 77.3 Å². The average molecular weight is 1100 g/mol. The molecule has 9 aromatic carbocycles. The van der Waals surface area contributed by atoms with Gasteiger partial charge in [0.1, 0.15) is 0 Å². The summed E-state index contributed by atoms with van der Waals surface area (Å²) in [5.74, 6) is 3.86. The molecule has 414 valence electrons. The third-order valence-electron chi connectivity index (χ3n) is 17.9. The van der Waals surface area contributed by atoms with Crippen molar-refractivity contribution in [3.8, 4) is 79.7 Å². The standard InChI is InChI=1S/C76H67BN8/c1-73(2,3)48-36-28-44(29-37-48)67-78-68(45-30-38-49(39-31-45)74(4,5)6)81-71(80-67)54-20-15-24-58-62(54)52-18-13-22-56-65(52)84(58)60-26-17-27-61-64(60)77(56)57-23-14-19-53-63-55(21-16-25-59(63)85(61)66(53)57)72-82-69(46-32-40-50(41-33-46)75(7,8)9)79-70(83-72)47-34-42-51(43-35-47)76(10,11)12/h13-43H,1-12H3. The van der Waals surface area contributed by atoms with E-state index in [4.69, 9.17) is 29.9 Å². The van der Waals surface area contributed by atoms with Crippen LogP contribution in [0.5, 0.6) is 0 Å². The summed E-state index contributed by atoms with van der Waals surface area (Å²) in [6.45, 7) is 26.9. The molecule has 0 atom stereocenters. The maximum Gasteiger partial charge on any atom is 0.252 e. The first-order valence-electron chi connectivity index (χ1n) is 29.9. The van der Waals surface area contributed by atoms with E-state index >= 15 is 0 Å². The number of hydrogen-bond acceptors (Lipinski definition) is 6. The van der Waals surface area contributed by atoms with Crippen LogP contribution in [-0.4, -0.2) is 45.8 Å². The summed E-state index contributed by atoms with van der Waals surface area (Å²) in [6.07, 6.45) is 0. The molecule has 0 N–H and O–H groups in total. The second-order valence-corrected chi connectivity index (χ2v) is 27.6. The molecule has 4 aromatic heterocycles. The molecular formula is C76H67BN8. The lowest BCUT2D eigenvalue weighted by Crippen LogP contribution is -2.59. The molecule has 15 rings (SSSR count). The van der Waals surface area contributed by atoms with E-state index in [2.05, 4.69) is 280 Å². The Bertz CT molecular complexity index is 4430. The van der Waals surface area contributed by atoms with Crippen LogP contribution in [0.2, 0.25) is 0 Å². The smallest absolute Gasteiger partial charge is 0.252 e. The van der Waals surface area contributed by atoms with Crippen molar-refractivity contribution in [2.24, 2.45) is 0 Å². The SMILES string of the molecule is CC(C)(C)c1ccc(-c2nc(-c3ccc(C(C)(C)C)cc3)nc(-c3cccc4c3c3cccc5c3n4-c3cccc4c3B5c3cccc5c6c(-c7nc(-c8ccc(C(C)(C)C)cc8)nc(-c8ccc(C(C)(C)C)cc8)n7)cccc6n-4c35)n2)cc1. The van der Waals surface area contributed by atoms with Crippen molar-refractivity contribution in [2.45, 2.75) is 105 Å². The van der Waals surface area contributed by atoms with Crippen molar-refractivity contribution in [3.05, 3.63) is 210 Å². The lowest BCUT2D eigenvalue weighted by molar-refractivity contribution is 0.590. The summed E-state index contributed by atoms with van der Waals surface area (Å²) in [6, 6.07) is 68.8. The average Bonchev–Trinajstić information content (AvgIpc) is 1.60. The van der Waals surface area contributed by atoms with Crippen LogP contribution in [0.4, 0.5) is 0 Å². The molecule has 85 heavy (non-hydrogen) atoms. The lowest BCUT2D eigenvalue weighted by Gasteiger charge is -2.33. The summed E-state index contributed by atoms with van der Waals surface area (Å²) in [4.78, 5) is 32.0. The zero-order valence-corrected chi connectivity index (χ0v) is 50.6. The van der Waals surface area contributed by atoms with E-state index < -0.39 is 0 Å². The summed E-state index contributed by atoms with van der Waals surface area (Å²) < 4.78 is 5.02. The molecule has 9 heteroatoms. The van der Waals surface area contributed by atoms with Crippen molar-refractivity contribution >= 4 is 66.7 Å². The largest absolute Gasteiger partial charge is 0.310 e. The van der Waals surface area contributed by atoms with Crippen molar-refractivity contribution in [2.75, 3.05) is 0 Å². The van der Waals surface area contributed by atoms with E-state index in [9.17, 15) is 0 Å². The van der Waals surface area contributed by atoms with Crippen LogP contribution in [-0.2, 0) is 21.7 Å². The van der Waals surface area contributed by atoms with Gasteiger partial charge in [0, 0.05) is 77.3 Å². The van der Waals surface area contributed by atoms with Crippen LogP contribution < -0.4 is 16.4 Å². The summed E-state index contributed by atoms with van der Waals surface area (Å²) in [5.41, 5.74) is 21.5. The fourth-order valence-electron chi connectivity index (χ4n) is 13.3. The van der Waals surface area contributed by atoms with Gasteiger partial charge in [-0.2, -0.15) is 0 Å². The molecule has 0 saturated heterocycles. The third kappa shape index (κ3) is 8.40. The van der Waals surface area contributed by atoms with E-state index in [1.165, 1.54) is 49.7 Å². The van der Waals surface area contributed by atoms with Gasteiger partial charge in [0.15, 0.2) is 34.9 Å². The number of benzene rings is 9. The van der Waals surface area contributed by atoms with Crippen molar-refractivity contribution in [3.63, 3.8) is 0 Å². The molecule has 6 heterocycles. The normalized spacial score (nSPS) is 13.2. The van der Waals surface area contributed by atoms with Crippen LogP contribution in [0.1, 0.15) is 105 Å². The van der Waals surface area contributed by atoms with Gasteiger partial charge in [0.25, 0.3) is 6.71 Å². The van der Waals surface area contributed by atoms with Crippen LogP contribution in [0.15, 0.2) is 188 Å². The monoisotopic (exact) mass is 1100 g/mol. The minimum atomic E-state index is -0.0517. The number of para-hydroxylation sites is 2. The molecule has 0 unspecified atom stereocenters. The Labute approximate surface area is 497 Å². The maximum atomic E-state index is 5.40. The Balaban J connectivity index is 0.921. The van der Waals surface area contributed by atoms with Crippen molar-refractivity contribution in [1.82, 2.24) is 39.0 Å². The predicted molar refractivity (Wildman–Crippen MR) is 354 cm³/mol. The second-order valence-electron chi connectivity index (χ2n) is 27.6. The molecule has 0 saturated carbocycles. The molecule has 0 bridgehead atoms. The van der Waals surface area contributed by atoms with E-state index in [1.807, 2.05) is 0 Å². The van der Waals surface area contributed by atoms with E-state index in [0.29, 0.717) is 34.9 Å². The number of fused-ring (bicyclic) bond motifs is 10. The number of aromatic nitrogens is 8. The first kappa shape index (κ1) is 52.5. The van der Waals surface area contributed by atoms with Crippen molar-refractivity contribution < 1.29 is 0 Å². The fraction of sp³-hybridized carbons (Fsp3) is 0.211. The van der Waals surface area contributed by atoms with Gasteiger partial charge >= 0.3 is 0 Å². The molecule has 0 spiro atoms. The van der Waals surface area contributed by atoms with Gasteiger partial charge in [-0.15, -0.1) is 0 Å². The molecule has 0 fully saturated rings. The Kier molecular flexibility index (Phi) is 11.5. The number of nitrogens with zero attached hydrogens (tertiary/aromatic N) is 8. The van der Waals surface area contributed by atoms with Gasteiger partial charge in [-0.3, -0.25) is 0 Å². The Morgan fingerprint density at radius 1 is 0.294 bits per heavy atom. The zero-order chi connectivity index (χ0) is 58.6. The zero-order valence-electron chi connectivity index (χ0n) is 50.6. The van der Waals surface area contributed by atoms with Gasteiger partial charge < -0.3 is 9.13 Å². The highest BCUT2D eigenvalue weighted by molar-refractivity contribution is 7.00. The minimum absolute atomic E-state index is 0.00720. The van der Waals surface area contributed by atoms with Gasteiger partial charge in [-0.1, -0.05) is 247 Å². The van der Waals surface area contributed by atoms with E-state index in [-0.39, 0.29) is 28.4 Å². The Morgan fingerprint density at radius 2 is 0.576 bits per heavy atom. The van der Waals surface area contributed by atoms with Crippen molar-refractivity contribution in [1.29, 1.82) is 0 Å². The van der Waals surface area contributed by atoms with Crippen LogP contribution >= 0.6 is 0 Å². The van der Waals surface area contributed by atoms with Gasteiger partial charge in [-0.05, 0) is 84.6 Å². The molecule has 2 aliphatic heterocycles. The summed E-state index contributed by atoms with van der Waals surface area (Å²) in [5, 5.41) is 4.55. The molecule has 0 amide bonds. The molecule has 0 aliphatic carbocycles. The molecule has 13 aromatic rings. The third-order valence-corrected chi connectivity index (χ3v) is 17.9. The quantitative estimate of drug-likeness (QED) is 0.154. The summed E-state index contributed by atoms with van der Waals surface area (Å²) in [7, 11) is 0. The molecule has 2 aliphatic rings. The summed E-state index contributed by atoms with van der Waals surface area (Å²) >= 11 is 0. The van der Waals surface area contributed by atoms with E-state index in [1.54, 1.807) is 0 Å². The lowest BCUT2D eigenvalue weighted by atomic mass is 9.34. The maximum absolute atomic E-state index is 5.40. The molecule has 8 nitrogen and oxygen atoms in total. The fourth-order valence-corrected chi connectivity index (χ4v) is 13.3. The highest BCUT2D eigenvalue weighted by atomic mass is 15.1. The van der Waals surface area contributed by atoms with Crippen LogP contribution in [0.25, 0.3) is 123 Å². The predicted octanol–water partition coefficient (Wildman–Crippen LogP) is 16.6. The van der Waals surface area contributed by atoms with Gasteiger partial charge in [-0.25, -0.2) is 29.9 Å². The molecule has 0 radical (unpaired) electrons. The topological polar surface area (TPSA) is 87.2 Å². The number of hydrogen-bond donors (Lipinski definition) is 0. The first-order valence-corrected chi connectivity index (χ1v) is 29.9. The Morgan fingerprint density at radius 3 is 0.882 bits per heavy atom. The van der Waals surface area contributed by atoms with Crippen LogP contribution in [0.3, 0.4) is 0 Å². The van der Waals surface area contributed by atoms with Gasteiger partial charge in [0.2, 0.25) is 0 Å². The van der Waals surface area contributed by atoms with Gasteiger partial charge in [0.05, 0.1) is 11.0 Å². The molecular weight excluding hydrogens is 1040 g/mol. The highest BCUT2D eigenvalue weighted by Gasteiger charge is 2.41. The highest BCUT2D eigenvalue weighted by Crippen LogP contribution is 2.44. The number of rotatable bonds is 6. The Hall–Kier alpha value is -9.34. The van der Waals surface area contributed by atoms with Crippen LogP contribution in [0, 0.1) is 0 Å².